The summed E-state index contributed by atoms with van der Waals surface area (Å²) in [7, 11) is 1.52. The lowest BCUT2D eigenvalue weighted by Crippen LogP contribution is -2.05. The van der Waals surface area contributed by atoms with E-state index in [9.17, 15) is 4.79 Å². The topological polar surface area (TPSA) is 35.5 Å². The Balaban J connectivity index is 2.08. The number of benzene rings is 2. The van der Waals surface area contributed by atoms with E-state index in [0.717, 1.165) is 5.56 Å². The monoisotopic (exact) mass is 252 g/mol. The SMILES string of the molecule is COc1ccccc1OC(=O)C#Cc1ccccc1. The number of carbonyl (C=O) groups is 1. The molecule has 3 nitrogen and oxygen atoms in total. The second kappa shape index (κ2) is 6.27. The van der Waals surface area contributed by atoms with Crippen LogP contribution in [0.4, 0.5) is 0 Å². The van der Waals surface area contributed by atoms with Crippen molar-refractivity contribution < 1.29 is 14.3 Å². The average molecular weight is 252 g/mol. The Morgan fingerprint density at radius 3 is 2.26 bits per heavy atom. The molecule has 0 spiro atoms. The maximum absolute atomic E-state index is 11.6. The fourth-order valence-electron chi connectivity index (χ4n) is 1.47. The van der Waals surface area contributed by atoms with Crippen molar-refractivity contribution in [3.8, 4) is 23.3 Å². The van der Waals surface area contributed by atoms with Crippen LogP contribution < -0.4 is 9.47 Å². The second-order valence-corrected chi connectivity index (χ2v) is 3.66. The quantitative estimate of drug-likeness (QED) is 0.468. The van der Waals surface area contributed by atoms with Crippen molar-refractivity contribution in [2.45, 2.75) is 0 Å². The van der Waals surface area contributed by atoms with Gasteiger partial charge in [0.2, 0.25) is 0 Å². The number of esters is 1. The zero-order valence-electron chi connectivity index (χ0n) is 10.4. The van der Waals surface area contributed by atoms with E-state index in [-0.39, 0.29) is 0 Å². The van der Waals surface area contributed by atoms with Gasteiger partial charge in [0.1, 0.15) is 0 Å². The van der Waals surface area contributed by atoms with Crippen LogP contribution in [-0.2, 0) is 4.79 Å². The van der Waals surface area contributed by atoms with Crippen LogP contribution in [0.3, 0.4) is 0 Å². The van der Waals surface area contributed by atoms with Crippen LogP contribution in [0.25, 0.3) is 0 Å². The van der Waals surface area contributed by atoms with Gasteiger partial charge >= 0.3 is 5.97 Å². The van der Waals surface area contributed by atoms with Crippen LogP contribution in [0.1, 0.15) is 5.56 Å². The molecule has 0 atom stereocenters. The molecule has 0 heterocycles. The van der Waals surface area contributed by atoms with Gasteiger partial charge in [-0.3, -0.25) is 0 Å². The molecule has 0 unspecified atom stereocenters. The molecule has 0 bridgehead atoms. The largest absolute Gasteiger partial charge is 0.493 e. The Morgan fingerprint density at radius 2 is 1.58 bits per heavy atom. The molecule has 0 aliphatic rings. The molecule has 0 aliphatic heterocycles. The number of ether oxygens (including phenoxy) is 2. The molecule has 0 N–H and O–H groups in total. The number of hydrogen-bond donors (Lipinski definition) is 0. The van der Waals surface area contributed by atoms with Crippen molar-refractivity contribution in [1.29, 1.82) is 0 Å². The van der Waals surface area contributed by atoms with Gasteiger partial charge in [-0.05, 0) is 24.3 Å². The van der Waals surface area contributed by atoms with E-state index < -0.39 is 5.97 Å². The summed E-state index contributed by atoms with van der Waals surface area (Å²) in [5.74, 6) is 5.41. The van der Waals surface area contributed by atoms with E-state index in [1.165, 1.54) is 7.11 Å². The van der Waals surface area contributed by atoms with Gasteiger partial charge in [-0.2, -0.15) is 0 Å². The molecule has 0 amide bonds. The first kappa shape index (κ1) is 12.7. The summed E-state index contributed by atoms with van der Waals surface area (Å²) in [6.07, 6.45) is 0. The van der Waals surface area contributed by atoms with E-state index in [1.54, 1.807) is 24.3 Å². The molecule has 2 aromatic carbocycles. The van der Waals surface area contributed by atoms with Crippen molar-refractivity contribution in [1.82, 2.24) is 0 Å². The van der Waals surface area contributed by atoms with Crippen molar-refractivity contribution >= 4 is 5.97 Å². The van der Waals surface area contributed by atoms with Crippen molar-refractivity contribution in [3.05, 3.63) is 60.2 Å². The van der Waals surface area contributed by atoms with Crippen LogP contribution in [0.5, 0.6) is 11.5 Å². The first-order chi connectivity index (χ1) is 9.29. The Morgan fingerprint density at radius 1 is 0.947 bits per heavy atom. The highest BCUT2D eigenvalue weighted by molar-refractivity contribution is 5.91. The molecular formula is C16H12O3. The maximum Gasteiger partial charge on any atom is 0.390 e. The normalized spacial score (nSPS) is 9.11. The molecule has 0 radical (unpaired) electrons. The van der Waals surface area contributed by atoms with Gasteiger partial charge in [0, 0.05) is 11.5 Å². The van der Waals surface area contributed by atoms with Crippen LogP contribution >= 0.6 is 0 Å². The molecular weight excluding hydrogens is 240 g/mol. The first-order valence-electron chi connectivity index (χ1n) is 5.71. The third-order valence-electron chi connectivity index (χ3n) is 2.35. The molecule has 3 heteroatoms. The predicted molar refractivity (Wildman–Crippen MR) is 71.9 cm³/mol. The molecule has 0 saturated heterocycles. The summed E-state index contributed by atoms with van der Waals surface area (Å²) < 4.78 is 10.2. The Hall–Kier alpha value is -2.73. The van der Waals surface area contributed by atoms with Crippen LogP contribution in [0.15, 0.2) is 54.6 Å². The van der Waals surface area contributed by atoms with Gasteiger partial charge in [-0.25, -0.2) is 4.79 Å². The molecule has 0 aromatic heterocycles. The summed E-state index contributed by atoms with van der Waals surface area (Å²) in [6.45, 7) is 0. The lowest BCUT2D eigenvalue weighted by atomic mass is 10.2. The van der Waals surface area contributed by atoms with E-state index in [0.29, 0.717) is 11.5 Å². The minimum absolute atomic E-state index is 0.359. The molecule has 0 saturated carbocycles. The number of hydrogen-bond acceptors (Lipinski definition) is 3. The molecule has 94 valence electrons. The highest BCUT2D eigenvalue weighted by Gasteiger charge is 2.06. The predicted octanol–water partition coefficient (Wildman–Crippen LogP) is 2.65. The summed E-state index contributed by atoms with van der Waals surface area (Å²) in [4.78, 5) is 11.6. The van der Waals surface area contributed by atoms with E-state index in [4.69, 9.17) is 9.47 Å². The van der Waals surface area contributed by atoms with Crippen molar-refractivity contribution in [3.63, 3.8) is 0 Å². The summed E-state index contributed by atoms with van der Waals surface area (Å²) in [5, 5.41) is 0. The standard InChI is InChI=1S/C16H12O3/c1-18-14-9-5-6-10-15(14)19-16(17)12-11-13-7-3-2-4-8-13/h2-10H,1H3. The van der Waals surface area contributed by atoms with Gasteiger partial charge < -0.3 is 9.47 Å². The first-order valence-corrected chi connectivity index (χ1v) is 5.71. The third-order valence-corrected chi connectivity index (χ3v) is 2.35. The van der Waals surface area contributed by atoms with Gasteiger partial charge in [0.15, 0.2) is 11.5 Å². The van der Waals surface area contributed by atoms with Crippen LogP contribution in [0, 0.1) is 11.8 Å². The number of rotatable bonds is 2. The van der Waals surface area contributed by atoms with E-state index in [2.05, 4.69) is 11.8 Å². The molecule has 2 rings (SSSR count). The minimum atomic E-state index is -0.617. The third kappa shape index (κ3) is 3.62. The van der Waals surface area contributed by atoms with Gasteiger partial charge in [-0.1, -0.05) is 36.3 Å². The summed E-state index contributed by atoms with van der Waals surface area (Å²) in [6, 6.07) is 16.2. The number of para-hydroxylation sites is 2. The van der Waals surface area contributed by atoms with E-state index >= 15 is 0 Å². The Labute approximate surface area is 111 Å². The van der Waals surface area contributed by atoms with Crippen molar-refractivity contribution in [2.24, 2.45) is 0 Å². The minimum Gasteiger partial charge on any atom is -0.493 e. The summed E-state index contributed by atoms with van der Waals surface area (Å²) >= 11 is 0. The average Bonchev–Trinajstić information content (AvgIpc) is 2.47. The number of methoxy groups -OCH3 is 1. The van der Waals surface area contributed by atoms with Gasteiger partial charge in [-0.15, -0.1) is 0 Å². The zero-order valence-corrected chi connectivity index (χ0v) is 10.4. The second-order valence-electron chi connectivity index (χ2n) is 3.66. The van der Waals surface area contributed by atoms with E-state index in [1.807, 2.05) is 30.3 Å². The Kier molecular flexibility index (Phi) is 4.20. The maximum atomic E-state index is 11.6. The summed E-state index contributed by atoms with van der Waals surface area (Å²) in [5.41, 5.74) is 0.763. The van der Waals surface area contributed by atoms with Gasteiger partial charge in [0.25, 0.3) is 0 Å². The zero-order chi connectivity index (χ0) is 13.5. The molecule has 0 fully saturated rings. The highest BCUT2D eigenvalue weighted by atomic mass is 16.6. The molecule has 0 aliphatic carbocycles. The van der Waals surface area contributed by atoms with Gasteiger partial charge in [0.05, 0.1) is 7.11 Å². The fourth-order valence-corrected chi connectivity index (χ4v) is 1.47. The number of carbonyl (C=O) groups excluding carboxylic acids is 1. The Bertz CT molecular complexity index is 621. The highest BCUT2D eigenvalue weighted by Crippen LogP contribution is 2.25. The van der Waals surface area contributed by atoms with Crippen LogP contribution in [-0.4, -0.2) is 13.1 Å². The smallest absolute Gasteiger partial charge is 0.390 e. The lowest BCUT2D eigenvalue weighted by molar-refractivity contribution is -0.128. The molecule has 19 heavy (non-hydrogen) atoms. The fraction of sp³-hybridized carbons (Fsp3) is 0.0625. The van der Waals surface area contributed by atoms with Crippen molar-refractivity contribution in [2.75, 3.05) is 7.11 Å². The lowest BCUT2D eigenvalue weighted by Gasteiger charge is -2.05. The van der Waals surface area contributed by atoms with Crippen LogP contribution in [0.2, 0.25) is 0 Å². The molecule has 2 aromatic rings.